The molecule has 20 heteroatoms. The van der Waals surface area contributed by atoms with Crippen LogP contribution in [0, 0.1) is 0 Å². The van der Waals surface area contributed by atoms with Crippen LogP contribution in [0.25, 0.3) is 0 Å². The normalized spacial score (nSPS) is 10.7. The Morgan fingerprint density at radius 3 is 1.51 bits per heavy atom. The van der Waals surface area contributed by atoms with Gasteiger partial charge in [0.15, 0.2) is 0 Å². The summed E-state index contributed by atoms with van der Waals surface area (Å²) in [5.41, 5.74) is 11.8. The number of hydrogen-bond acceptors (Lipinski definition) is 12. The van der Waals surface area contributed by atoms with Gasteiger partial charge in [0.1, 0.15) is 21.3 Å². The molecule has 0 amide bonds. The fourth-order valence-corrected chi connectivity index (χ4v) is 4.59. The van der Waals surface area contributed by atoms with Crippen LogP contribution in [-0.4, -0.2) is 58.1 Å². The van der Waals surface area contributed by atoms with Gasteiger partial charge >= 0.3 is 12.0 Å². The van der Waals surface area contributed by atoms with Crippen LogP contribution in [0.4, 0.5) is 21.6 Å². The Kier molecular flexibility index (Phi) is 14.3. The van der Waals surface area contributed by atoms with Gasteiger partial charge < -0.3 is 20.9 Å². The van der Waals surface area contributed by atoms with E-state index in [2.05, 4.69) is 29.4 Å². The third-order valence-corrected chi connectivity index (χ3v) is 7.20. The zero-order valence-electron chi connectivity index (χ0n) is 23.3. The molecule has 0 aliphatic heterocycles. The Balaban J connectivity index is 0.000000341. The molecule has 234 valence electrons. The molecule has 0 radical (unpaired) electrons. The number of benzene rings is 2. The highest BCUT2D eigenvalue weighted by Gasteiger charge is 2.16. The predicted octanol–water partition coefficient (Wildman–Crippen LogP) is 3.82. The van der Waals surface area contributed by atoms with E-state index in [-0.39, 0.29) is 43.1 Å². The molecule has 0 aliphatic rings. The highest BCUT2D eigenvalue weighted by atomic mass is 35.5. The molecule has 0 spiro atoms. The first-order valence-electron chi connectivity index (χ1n) is 11.7. The number of nitrogens with one attached hydrogen (secondary N) is 1. The average molecular weight is 701 g/mol. The van der Waals surface area contributed by atoms with Crippen molar-refractivity contribution in [3.63, 3.8) is 0 Å². The molecule has 7 N–H and O–H groups in total. The summed E-state index contributed by atoms with van der Waals surface area (Å²) in [5.74, 6) is 0.0127. The molecular weight excluding hydrogens is 674 g/mol. The number of anilines is 3. The van der Waals surface area contributed by atoms with E-state index in [0.29, 0.717) is 11.4 Å². The van der Waals surface area contributed by atoms with Gasteiger partial charge in [0, 0.05) is 23.5 Å². The van der Waals surface area contributed by atoms with E-state index >= 15 is 0 Å². The predicted molar refractivity (Wildman–Crippen MR) is 163 cm³/mol. The van der Waals surface area contributed by atoms with Crippen LogP contribution in [0.3, 0.4) is 0 Å². The largest absolute Gasteiger partial charge is 0.467 e. The summed E-state index contributed by atoms with van der Waals surface area (Å²) in [6.07, 6.45) is 0. The number of methoxy groups -OCH3 is 2. The number of nitrogens with two attached hydrogens (primary N) is 3. The van der Waals surface area contributed by atoms with Gasteiger partial charge in [0.2, 0.25) is 10.0 Å². The number of alkyl halides is 1. The number of aromatic nitrogens is 4. The summed E-state index contributed by atoms with van der Waals surface area (Å²) in [7, 11) is -5.56. The summed E-state index contributed by atoms with van der Waals surface area (Å²) >= 11 is 16.8. The van der Waals surface area contributed by atoms with Gasteiger partial charge in [-0.2, -0.15) is 19.9 Å². The second-order valence-corrected chi connectivity index (χ2v) is 11.8. The standard InChI is InChI=1S/C11H11ClN4O3S.C6H8N2O2S.C5H4Cl2N2O.CH3F/c1-19-11-14-9(12)6-10(15-11)16-20(17,18)8-4-2-7(13)3-5-8;7-5-1-3-6(4-2-5)11(8,9)10;1-10-5-8-3(6)2-4(7)9-5;1-2/h2-6H,13H2,1H3,(H,14,15,16);1-4H,7H2,(H2,8,9,10);2H,1H3;1H3/i;;;1D. The van der Waals surface area contributed by atoms with E-state index in [9.17, 15) is 21.2 Å². The molecule has 2 aromatic carbocycles. The molecule has 0 saturated heterocycles. The van der Waals surface area contributed by atoms with Crippen LogP contribution in [0.1, 0.15) is 1.37 Å². The molecule has 0 fully saturated rings. The fraction of sp³-hybridized carbons (Fsp3) is 0.130. The highest BCUT2D eigenvalue weighted by molar-refractivity contribution is 7.92. The number of ether oxygens (including phenoxy) is 2. The van der Waals surface area contributed by atoms with E-state index in [1.54, 1.807) is 0 Å². The number of sulfonamides is 2. The summed E-state index contributed by atoms with van der Waals surface area (Å²) in [6, 6.07) is 14.3. The van der Waals surface area contributed by atoms with Crippen molar-refractivity contribution in [2.24, 2.45) is 5.14 Å². The molecule has 4 rings (SSSR count). The molecule has 0 bridgehead atoms. The minimum atomic E-state index is -3.78. The summed E-state index contributed by atoms with van der Waals surface area (Å²) < 4.78 is 72.9. The van der Waals surface area contributed by atoms with Crippen molar-refractivity contribution < 1.29 is 32.1 Å². The number of halogens is 4. The molecule has 14 nitrogen and oxygen atoms in total. The van der Waals surface area contributed by atoms with Crippen molar-refractivity contribution >= 4 is 72.0 Å². The third-order valence-electron chi connectivity index (χ3n) is 4.32. The van der Waals surface area contributed by atoms with E-state index in [1.165, 1.54) is 74.9 Å². The van der Waals surface area contributed by atoms with Crippen LogP contribution in [0.5, 0.6) is 12.0 Å². The zero-order valence-corrected chi connectivity index (χ0v) is 26.2. The molecule has 0 aliphatic carbocycles. The average Bonchev–Trinajstić information content (AvgIpc) is 2.93. The molecule has 2 heterocycles. The maximum Gasteiger partial charge on any atom is 0.319 e. The molecule has 0 atom stereocenters. The number of nitrogens with zero attached hydrogens (tertiary/aromatic N) is 4. The van der Waals surface area contributed by atoms with E-state index in [0.717, 1.165) is 0 Å². The number of rotatable bonds is 6. The molecule has 4 aromatic rings. The second kappa shape index (κ2) is 17.4. The molecule has 43 heavy (non-hydrogen) atoms. The van der Waals surface area contributed by atoms with Crippen LogP contribution < -0.4 is 30.8 Å². The third kappa shape index (κ3) is 13.4. The van der Waals surface area contributed by atoms with Gasteiger partial charge in [-0.3, -0.25) is 9.11 Å². The van der Waals surface area contributed by atoms with Crippen molar-refractivity contribution in [3.8, 4) is 12.0 Å². The topological polar surface area (TPSA) is 228 Å². The van der Waals surface area contributed by atoms with Crippen LogP contribution in [-0.2, 0) is 20.0 Å². The molecule has 2 aromatic heterocycles. The number of primary sulfonamides is 1. The van der Waals surface area contributed by atoms with Gasteiger partial charge in [-0.25, -0.2) is 22.0 Å². The first-order valence-corrected chi connectivity index (χ1v) is 15.2. The second-order valence-electron chi connectivity index (χ2n) is 7.35. The lowest BCUT2D eigenvalue weighted by Crippen LogP contribution is -2.14. The SMILES string of the molecule is COc1nc(Cl)cc(Cl)n1.COc1nc(Cl)cc(NS(=O)(=O)c2ccc(N)cc2)n1.Nc1ccc(S(N)(=O)=O)cc1.[2H]CF. The monoisotopic (exact) mass is 699 g/mol. The van der Waals surface area contributed by atoms with Gasteiger partial charge in [0.05, 0.1) is 32.5 Å². The molecule has 0 unspecified atom stereocenters. The van der Waals surface area contributed by atoms with Crippen molar-refractivity contribution in [1.82, 2.24) is 19.9 Å². The summed E-state index contributed by atoms with van der Waals surface area (Å²) in [5, 5.41) is 5.45. The van der Waals surface area contributed by atoms with Crippen LogP contribution in [0.2, 0.25) is 15.5 Å². The Labute approximate surface area is 263 Å². The molecular formula is C23H26Cl3FN8O6S2. The first-order chi connectivity index (χ1) is 20.5. The maximum absolute atomic E-state index is 12.1. The van der Waals surface area contributed by atoms with Crippen molar-refractivity contribution in [2.75, 3.05) is 37.6 Å². The fourth-order valence-electron chi connectivity index (χ4n) is 2.50. The van der Waals surface area contributed by atoms with Gasteiger partial charge in [-0.1, -0.05) is 34.8 Å². The minimum absolute atomic E-state index is 0.0127. The lowest BCUT2D eigenvalue weighted by Gasteiger charge is -2.08. The first kappa shape index (κ1) is 35.5. The van der Waals surface area contributed by atoms with Gasteiger partial charge in [-0.05, 0) is 48.5 Å². The lowest BCUT2D eigenvalue weighted by atomic mass is 10.3. The number of nitrogen functional groups attached to an aromatic ring is 2. The van der Waals surface area contributed by atoms with Crippen molar-refractivity contribution in [3.05, 3.63) is 76.1 Å². The smallest absolute Gasteiger partial charge is 0.319 e. The quantitative estimate of drug-likeness (QED) is 0.166. The van der Waals surface area contributed by atoms with E-state index in [1.807, 2.05) is 0 Å². The Morgan fingerprint density at radius 1 is 0.744 bits per heavy atom. The van der Waals surface area contributed by atoms with Crippen LogP contribution >= 0.6 is 34.8 Å². The Bertz CT molecular complexity index is 1690. The highest BCUT2D eigenvalue weighted by Crippen LogP contribution is 2.20. The number of hydrogen-bond donors (Lipinski definition) is 4. The van der Waals surface area contributed by atoms with Crippen molar-refractivity contribution in [1.29, 1.82) is 0 Å². The van der Waals surface area contributed by atoms with Crippen molar-refractivity contribution in [2.45, 2.75) is 9.79 Å². The minimum Gasteiger partial charge on any atom is -0.467 e. The zero-order chi connectivity index (χ0) is 33.5. The summed E-state index contributed by atoms with van der Waals surface area (Å²) in [4.78, 5) is 15.1. The van der Waals surface area contributed by atoms with E-state index in [4.69, 9.17) is 57.5 Å². The Hall–Kier alpha value is -3.74. The van der Waals surface area contributed by atoms with E-state index < -0.39 is 27.2 Å². The lowest BCUT2D eigenvalue weighted by molar-refractivity contribution is 0.380. The van der Waals surface area contributed by atoms with Gasteiger partial charge in [-0.15, -0.1) is 0 Å². The van der Waals surface area contributed by atoms with Gasteiger partial charge in [0.25, 0.3) is 10.0 Å². The van der Waals surface area contributed by atoms with Crippen LogP contribution in [0.15, 0.2) is 70.5 Å². The maximum atomic E-state index is 12.1. The Morgan fingerprint density at radius 2 is 1.12 bits per heavy atom. The molecule has 0 saturated carbocycles. The summed E-state index contributed by atoms with van der Waals surface area (Å²) in [6.45, 7) is 0.